The smallest absolute Gasteiger partial charge is 0.125 e. The third kappa shape index (κ3) is 2.21. The fourth-order valence-electron chi connectivity index (χ4n) is 1.49. The molecule has 0 aliphatic carbocycles. The van der Waals surface area contributed by atoms with Gasteiger partial charge in [-0.25, -0.2) is 4.39 Å². The first-order chi connectivity index (χ1) is 7.69. The molecule has 2 rings (SSSR count). The lowest BCUT2D eigenvalue weighted by Gasteiger charge is -2.03. The SMILES string of the molecule is N#Cc1cc(F)cc(-c2cccc(Cl)c2)c1. The van der Waals surface area contributed by atoms with Gasteiger partial charge < -0.3 is 0 Å². The molecular formula is C13H7ClFN. The van der Waals surface area contributed by atoms with E-state index in [-0.39, 0.29) is 0 Å². The molecule has 1 nitrogen and oxygen atoms in total. The Kier molecular flexibility index (Phi) is 2.89. The van der Waals surface area contributed by atoms with E-state index in [1.54, 1.807) is 24.3 Å². The number of benzene rings is 2. The van der Waals surface area contributed by atoms with Gasteiger partial charge in [-0.2, -0.15) is 5.26 Å². The van der Waals surface area contributed by atoms with E-state index >= 15 is 0 Å². The topological polar surface area (TPSA) is 23.8 Å². The highest BCUT2D eigenvalue weighted by atomic mass is 35.5. The molecule has 0 fully saturated rings. The Morgan fingerprint density at radius 3 is 2.56 bits per heavy atom. The van der Waals surface area contributed by atoms with Crippen molar-refractivity contribution < 1.29 is 4.39 Å². The van der Waals surface area contributed by atoms with Crippen LogP contribution in [0.5, 0.6) is 0 Å². The van der Waals surface area contributed by atoms with Crippen LogP contribution in [-0.4, -0.2) is 0 Å². The monoisotopic (exact) mass is 231 g/mol. The summed E-state index contributed by atoms with van der Waals surface area (Å²) in [5.41, 5.74) is 1.75. The quantitative estimate of drug-likeness (QED) is 0.727. The molecule has 0 saturated heterocycles. The van der Waals surface area contributed by atoms with Gasteiger partial charge >= 0.3 is 0 Å². The number of halogens is 2. The fraction of sp³-hybridized carbons (Fsp3) is 0. The molecule has 0 aliphatic heterocycles. The highest BCUT2D eigenvalue weighted by Crippen LogP contribution is 2.24. The van der Waals surface area contributed by atoms with Crippen molar-refractivity contribution in [3.8, 4) is 17.2 Å². The molecule has 0 unspecified atom stereocenters. The molecule has 3 heteroatoms. The van der Waals surface area contributed by atoms with E-state index in [4.69, 9.17) is 16.9 Å². The van der Waals surface area contributed by atoms with E-state index in [0.717, 1.165) is 5.56 Å². The zero-order valence-electron chi connectivity index (χ0n) is 8.24. The number of hydrogen-bond acceptors (Lipinski definition) is 1. The van der Waals surface area contributed by atoms with Crippen molar-refractivity contribution in [1.82, 2.24) is 0 Å². The van der Waals surface area contributed by atoms with Crippen LogP contribution in [0.3, 0.4) is 0 Å². The molecule has 0 aliphatic rings. The van der Waals surface area contributed by atoms with Crippen molar-refractivity contribution in [2.45, 2.75) is 0 Å². The number of nitriles is 1. The van der Waals surface area contributed by atoms with Crippen molar-refractivity contribution in [3.63, 3.8) is 0 Å². The van der Waals surface area contributed by atoms with Gasteiger partial charge in [-0.1, -0.05) is 23.7 Å². The molecule has 0 bridgehead atoms. The summed E-state index contributed by atoms with van der Waals surface area (Å²) in [7, 11) is 0. The second-order valence-electron chi connectivity index (χ2n) is 3.35. The van der Waals surface area contributed by atoms with Gasteiger partial charge in [0.25, 0.3) is 0 Å². The van der Waals surface area contributed by atoms with Crippen molar-refractivity contribution in [2.24, 2.45) is 0 Å². The summed E-state index contributed by atoms with van der Waals surface area (Å²) in [6.45, 7) is 0. The van der Waals surface area contributed by atoms with Gasteiger partial charge in [0, 0.05) is 5.02 Å². The minimum absolute atomic E-state index is 0.301. The number of hydrogen-bond donors (Lipinski definition) is 0. The first kappa shape index (κ1) is 10.7. The van der Waals surface area contributed by atoms with Gasteiger partial charge in [-0.3, -0.25) is 0 Å². The Bertz CT molecular complexity index is 572. The molecule has 2 aromatic rings. The second-order valence-corrected chi connectivity index (χ2v) is 3.79. The average molecular weight is 232 g/mol. The predicted octanol–water partition coefficient (Wildman–Crippen LogP) is 4.02. The minimum atomic E-state index is -0.422. The second kappa shape index (κ2) is 4.34. The molecule has 0 amide bonds. The summed E-state index contributed by atoms with van der Waals surface area (Å²) in [4.78, 5) is 0. The maximum absolute atomic E-state index is 13.2. The maximum Gasteiger partial charge on any atom is 0.125 e. The Balaban J connectivity index is 2.56. The van der Waals surface area contributed by atoms with Gasteiger partial charge in [0.2, 0.25) is 0 Å². The highest BCUT2D eigenvalue weighted by molar-refractivity contribution is 6.30. The zero-order chi connectivity index (χ0) is 11.5. The Hall–Kier alpha value is -1.85. The molecular weight excluding hydrogens is 225 g/mol. The largest absolute Gasteiger partial charge is 0.207 e. The third-order valence-electron chi connectivity index (χ3n) is 2.18. The van der Waals surface area contributed by atoms with Crippen molar-refractivity contribution in [3.05, 3.63) is 58.9 Å². The first-order valence-corrected chi connectivity index (χ1v) is 5.03. The van der Waals surface area contributed by atoms with E-state index in [1.165, 1.54) is 12.1 Å². The molecule has 0 heterocycles. The predicted molar refractivity (Wildman–Crippen MR) is 61.6 cm³/mol. The van der Waals surface area contributed by atoms with Gasteiger partial charge in [0.15, 0.2) is 0 Å². The molecule has 2 aromatic carbocycles. The van der Waals surface area contributed by atoms with Gasteiger partial charge in [-0.05, 0) is 41.5 Å². The van der Waals surface area contributed by atoms with Crippen molar-refractivity contribution >= 4 is 11.6 Å². The minimum Gasteiger partial charge on any atom is -0.207 e. The van der Waals surface area contributed by atoms with Crippen LogP contribution in [0.15, 0.2) is 42.5 Å². The van der Waals surface area contributed by atoms with Gasteiger partial charge in [-0.15, -0.1) is 0 Å². The molecule has 0 saturated carbocycles. The van der Waals surface area contributed by atoms with E-state index in [1.807, 2.05) is 12.1 Å². The summed E-state index contributed by atoms with van der Waals surface area (Å²) in [6, 6.07) is 13.2. The van der Waals surface area contributed by atoms with Crippen LogP contribution in [0, 0.1) is 17.1 Å². The van der Waals surface area contributed by atoms with Crippen LogP contribution in [0.1, 0.15) is 5.56 Å². The van der Waals surface area contributed by atoms with Crippen LogP contribution in [0.4, 0.5) is 4.39 Å². The van der Waals surface area contributed by atoms with Crippen molar-refractivity contribution in [1.29, 1.82) is 5.26 Å². The lowest BCUT2D eigenvalue weighted by atomic mass is 10.0. The molecule has 0 atom stereocenters. The standard InChI is InChI=1S/C13H7ClFN/c14-12-3-1-2-10(6-12)11-4-9(8-16)5-13(15)7-11/h1-7H. The Morgan fingerprint density at radius 2 is 1.88 bits per heavy atom. The first-order valence-electron chi connectivity index (χ1n) is 4.65. The average Bonchev–Trinajstić information content (AvgIpc) is 2.28. The summed E-state index contributed by atoms with van der Waals surface area (Å²) in [6.07, 6.45) is 0. The van der Waals surface area contributed by atoms with Crippen LogP contribution in [0.2, 0.25) is 5.02 Å². The summed E-state index contributed by atoms with van der Waals surface area (Å²) >= 11 is 5.85. The number of rotatable bonds is 1. The highest BCUT2D eigenvalue weighted by Gasteiger charge is 2.03. The zero-order valence-corrected chi connectivity index (χ0v) is 9.00. The summed E-state index contributed by atoms with van der Waals surface area (Å²) in [5.74, 6) is -0.422. The lowest BCUT2D eigenvalue weighted by Crippen LogP contribution is -1.84. The van der Waals surface area contributed by atoms with E-state index in [9.17, 15) is 4.39 Å². The maximum atomic E-state index is 13.2. The fourth-order valence-corrected chi connectivity index (χ4v) is 1.68. The van der Waals surface area contributed by atoms with Crippen LogP contribution in [-0.2, 0) is 0 Å². The lowest BCUT2D eigenvalue weighted by molar-refractivity contribution is 0.628. The van der Waals surface area contributed by atoms with Crippen LogP contribution >= 0.6 is 11.6 Å². The molecule has 0 aromatic heterocycles. The van der Waals surface area contributed by atoms with Crippen LogP contribution in [0.25, 0.3) is 11.1 Å². The van der Waals surface area contributed by atoms with Crippen molar-refractivity contribution in [2.75, 3.05) is 0 Å². The van der Waals surface area contributed by atoms with E-state index in [0.29, 0.717) is 16.1 Å². The Labute approximate surface area is 97.7 Å². The third-order valence-corrected chi connectivity index (χ3v) is 2.42. The van der Waals surface area contributed by atoms with E-state index < -0.39 is 5.82 Å². The summed E-state index contributed by atoms with van der Waals surface area (Å²) < 4.78 is 13.2. The summed E-state index contributed by atoms with van der Waals surface area (Å²) in [5, 5.41) is 9.33. The van der Waals surface area contributed by atoms with Gasteiger partial charge in [0.1, 0.15) is 5.82 Å². The normalized spacial score (nSPS) is 9.81. The molecule has 78 valence electrons. The van der Waals surface area contributed by atoms with Crippen LogP contribution < -0.4 is 0 Å². The van der Waals surface area contributed by atoms with E-state index in [2.05, 4.69) is 0 Å². The van der Waals surface area contributed by atoms with Gasteiger partial charge in [0.05, 0.1) is 11.6 Å². The number of nitrogens with zero attached hydrogens (tertiary/aromatic N) is 1. The molecule has 0 spiro atoms. The molecule has 0 radical (unpaired) electrons. The Morgan fingerprint density at radius 1 is 1.06 bits per heavy atom. The molecule has 16 heavy (non-hydrogen) atoms. The molecule has 0 N–H and O–H groups in total.